The van der Waals surface area contributed by atoms with Gasteiger partial charge in [-0.2, -0.15) is 0 Å². The van der Waals surface area contributed by atoms with Crippen molar-refractivity contribution in [3.63, 3.8) is 0 Å². The fourth-order valence-corrected chi connectivity index (χ4v) is 4.39. The predicted octanol–water partition coefficient (Wildman–Crippen LogP) is 2.01. The van der Waals surface area contributed by atoms with Crippen LogP contribution in [0.4, 0.5) is 4.79 Å². The van der Waals surface area contributed by atoms with Crippen molar-refractivity contribution in [1.29, 1.82) is 0 Å². The number of carbonyl (C=O) groups excluding carboxylic acids is 3. The summed E-state index contributed by atoms with van der Waals surface area (Å²) in [5.74, 6) is -1.12. The number of benzene rings is 1. The van der Waals surface area contributed by atoms with Crippen molar-refractivity contribution in [2.75, 3.05) is 40.4 Å². The predicted molar refractivity (Wildman–Crippen MR) is 145 cm³/mol. The maximum absolute atomic E-state index is 13.6. The number of aryl methyl sites for hydroxylation is 1. The van der Waals surface area contributed by atoms with Gasteiger partial charge in [0.1, 0.15) is 6.04 Å². The first-order chi connectivity index (χ1) is 17.9. The topological polar surface area (TPSA) is 109 Å². The van der Waals surface area contributed by atoms with E-state index in [1.54, 1.807) is 19.0 Å². The lowest BCUT2D eigenvalue weighted by Crippen LogP contribution is -2.57. The molecule has 2 N–H and O–H groups in total. The number of amides is 4. The highest BCUT2D eigenvalue weighted by Crippen LogP contribution is 2.38. The molecule has 0 aliphatic carbocycles. The van der Waals surface area contributed by atoms with Crippen molar-refractivity contribution in [1.82, 2.24) is 20.4 Å². The molecule has 4 amide bonds. The summed E-state index contributed by atoms with van der Waals surface area (Å²) in [6.45, 7) is 9.72. The lowest BCUT2D eigenvalue weighted by molar-refractivity contribution is -0.138. The Balaban J connectivity index is 1.74. The van der Waals surface area contributed by atoms with Gasteiger partial charge in [-0.25, -0.2) is 4.79 Å². The molecule has 2 saturated heterocycles. The molecular formula is C27H43BN4O6. The van der Waals surface area contributed by atoms with E-state index in [0.29, 0.717) is 32.7 Å². The van der Waals surface area contributed by atoms with Crippen molar-refractivity contribution in [2.24, 2.45) is 0 Å². The average molecular weight is 530 g/mol. The third-order valence-electron chi connectivity index (χ3n) is 7.51. The van der Waals surface area contributed by atoms with Crippen LogP contribution in [0.2, 0.25) is 0 Å². The summed E-state index contributed by atoms with van der Waals surface area (Å²) in [5, 5.41) is 5.77. The van der Waals surface area contributed by atoms with E-state index in [0.717, 1.165) is 12.8 Å². The molecule has 1 aromatic rings. The summed E-state index contributed by atoms with van der Waals surface area (Å²) >= 11 is 0. The number of hydrogen-bond donors (Lipinski definition) is 2. The average Bonchev–Trinajstić information content (AvgIpc) is 3.10. The van der Waals surface area contributed by atoms with Gasteiger partial charge < -0.3 is 34.5 Å². The number of ether oxygens (including phenoxy) is 1. The number of hydrogen-bond acceptors (Lipinski definition) is 6. The Morgan fingerprint density at radius 2 is 1.61 bits per heavy atom. The largest absolute Gasteiger partial charge is 0.481 e. The zero-order valence-corrected chi connectivity index (χ0v) is 23.6. The summed E-state index contributed by atoms with van der Waals surface area (Å²) in [6, 6.07) is 8.66. The molecule has 0 saturated carbocycles. The molecule has 3 rings (SSSR count). The lowest BCUT2D eigenvalue weighted by Gasteiger charge is -2.32. The van der Waals surface area contributed by atoms with E-state index in [9.17, 15) is 14.4 Å². The second kappa shape index (κ2) is 13.0. The van der Waals surface area contributed by atoms with Gasteiger partial charge in [-0.05, 0) is 52.5 Å². The first-order valence-electron chi connectivity index (χ1n) is 13.4. The number of morpholine rings is 1. The summed E-state index contributed by atoms with van der Waals surface area (Å²) in [5.41, 5.74) is 0.0780. The van der Waals surface area contributed by atoms with Crippen LogP contribution >= 0.6 is 0 Å². The van der Waals surface area contributed by atoms with Gasteiger partial charge >= 0.3 is 13.1 Å². The number of nitrogens with zero attached hydrogens (tertiary/aromatic N) is 2. The quantitative estimate of drug-likeness (QED) is 0.448. The molecule has 0 unspecified atom stereocenters. The minimum atomic E-state index is -1.04. The molecule has 0 aromatic heterocycles. The minimum absolute atomic E-state index is 0.147. The molecule has 2 aliphatic heterocycles. The van der Waals surface area contributed by atoms with Crippen LogP contribution in [0, 0.1) is 0 Å². The van der Waals surface area contributed by atoms with Crippen LogP contribution < -0.4 is 10.6 Å². The van der Waals surface area contributed by atoms with Crippen LogP contribution in [0.15, 0.2) is 30.3 Å². The molecule has 2 fully saturated rings. The second-order valence-corrected chi connectivity index (χ2v) is 11.2. The number of nitrogens with one attached hydrogen (secondary N) is 2. The van der Waals surface area contributed by atoms with Crippen molar-refractivity contribution in [3.8, 4) is 0 Å². The molecule has 10 nitrogen and oxygen atoms in total. The van der Waals surface area contributed by atoms with Crippen LogP contribution in [-0.2, 0) is 30.1 Å². The van der Waals surface area contributed by atoms with E-state index in [2.05, 4.69) is 22.8 Å². The smallest absolute Gasteiger partial charge is 0.402 e. The van der Waals surface area contributed by atoms with Gasteiger partial charge in [0.15, 0.2) is 0 Å². The van der Waals surface area contributed by atoms with Crippen molar-refractivity contribution < 1.29 is 28.4 Å². The Morgan fingerprint density at radius 3 is 2.18 bits per heavy atom. The highest BCUT2D eigenvalue weighted by molar-refractivity contribution is 6.48. The molecule has 2 aliphatic rings. The van der Waals surface area contributed by atoms with Gasteiger partial charge in [-0.3, -0.25) is 9.59 Å². The third kappa shape index (κ3) is 7.94. The molecule has 0 spiro atoms. The molecule has 0 bridgehead atoms. The summed E-state index contributed by atoms with van der Waals surface area (Å²) in [7, 11) is 2.51. The van der Waals surface area contributed by atoms with Crippen LogP contribution in [0.3, 0.4) is 0 Å². The molecule has 2 atom stereocenters. The van der Waals surface area contributed by atoms with E-state index in [4.69, 9.17) is 14.0 Å². The number of carbonyl (C=O) groups is 3. The molecule has 210 valence electrons. The molecule has 2 heterocycles. The van der Waals surface area contributed by atoms with Crippen LogP contribution in [0.1, 0.15) is 52.5 Å². The highest BCUT2D eigenvalue weighted by Gasteiger charge is 2.54. The van der Waals surface area contributed by atoms with E-state index in [1.807, 2.05) is 45.9 Å². The van der Waals surface area contributed by atoms with Gasteiger partial charge in [0, 0.05) is 27.2 Å². The maximum atomic E-state index is 13.6. The Kier molecular flexibility index (Phi) is 10.2. The van der Waals surface area contributed by atoms with Gasteiger partial charge in [0.05, 0.1) is 36.8 Å². The molecular weight excluding hydrogens is 487 g/mol. The van der Waals surface area contributed by atoms with Crippen molar-refractivity contribution in [3.05, 3.63) is 35.9 Å². The van der Waals surface area contributed by atoms with Crippen molar-refractivity contribution >= 4 is 25.0 Å². The number of rotatable bonds is 10. The first kappa shape index (κ1) is 29.9. The maximum Gasteiger partial charge on any atom is 0.481 e. The Labute approximate surface area is 226 Å². The second-order valence-electron chi connectivity index (χ2n) is 11.2. The zero-order valence-electron chi connectivity index (χ0n) is 23.6. The third-order valence-corrected chi connectivity index (χ3v) is 7.51. The van der Waals surface area contributed by atoms with E-state index in [1.165, 1.54) is 10.5 Å². The fraction of sp³-hybridized carbons (Fsp3) is 0.667. The highest BCUT2D eigenvalue weighted by atomic mass is 16.7. The summed E-state index contributed by atoms with van der Waals surface area (Å²) in [4.78, 5) is 42.1. The van der Waals surface area contributed by atoms with E-state index >= 15 is 0 Å². The van der Waals surface area contributed by atoms with Crippen LogP contribution in [-0.4, -0.2) is 98.3 Å². The molecule has 38 heavy (non-hydrogen) atoms. The fourth-order valence-electron chi connectivity index (χ4n) is 4.39. The molecule has 0 radical (unpaired) electrons. The first-order valence-corrected chi connectivity index (χ1v) is 13.4. The lowest BCUT2D eigenvalue weighted by atomic mass is 9.75. The summed E-state index contributed by atoms with van der Waals surface area (Å²) < 4.78 is 17.9. The number of urea groups is 1. The Morgan fingerprint density at radius 1 is 1.00 bits per heavy atom. The SMILES string of the molecule is CN(C)C(=O)N[C@H](CC(=O)N1CCOCC1)C(=O)N[C@@H](CCCc1ccccc1)B1OC(C)(C)C(C)(C)O1. The standard InChI is InChI=1S/C27H43BN4O6/c1-26(2)27(3,4)38-28(37-26)22(14-10-13-20-11-8-7-9-12-20)30-24(34)21(29-25(35)31(5)6)19-23(33)32-15-17-36-18-16-32/h7-9,11-12,21-22H,10,13-19H2,1-6H3,(H,29,35)(H,30,34)/t21-,22+/m1/s1. The monoisotopic (exact) mass is 530 g/mol. The van der Waals surface area contributed by atoms with Gasteiger partial charge in [0.25, 0.3) is 0 Å². The molecule has 11 heteroatoms. The Hall–Kier alpha value is -2.63. The van der Waals surface area contributed by atoms with Gasteiger partial charge in [-0.1, -0.05) is 30.3 Å². The van der Waals surface area contributed by atoms with Crippen molar-refractivity contribution in [2.45, 2.75) is 76.6 Å². The van der Waals surface area contributed by atoms with Gasteiger partial charge in [-0.15, -0.1) is 0 Å². The van der Waals surface area contributed by atoms with Gasteiger partial charge in [0.2, 0.25) is 11.8 Å². The normalized spacial score (nSPS) is 19.9. The van der Waals surface area contributed by atoms with E-state index in [-0.39, 0.29) is 12.3 Å². The molecule has 1 aromatic carbocycles. The van der Waals surface area contributed by atoms with E-state index < -0.39 is 42.2 Å². The van der Waals surface area contributed by atoms with Crippen LogP contribution in [0.5, 0.6) is 0 Å². The zero-order chi connectivity index (χ0) is 27.9. The Bertz CT molecular complexity index is 936. The minimum Gasteiger partial charge on any atom is -0.402 e. The summed E-state index contributed by atoms with van der Waals surface area (Å²) in [6.07, 6.45) is 2.08. The van der Waals surface area contributed by atoms with Crippen LogP contribution in [0.25, 0.3) is 0 Å².